The van der Waals surface area contributed by atoms with Crippen molar-refractivity contribution in [3.63, 3.8) is 0 Å². The average molecular weight is 315 g/mol. The van der Waals surface area contributed by atoms with Gasteiger partial charge in [-0.3, -0.25) is 9.59 Å². The minimum atomic E-state index is -0.227. The standard InChI is InChI=1S/C17H21N3O3/c1-3-12(9-20-8-7-18-10-20)19-17(22)15-11(2)23-14-6-4-5-13(21)16(14)15/h7-8,10,12H,3-6,9H2,1-2H3,(H,19,22)/t12-/m0/s1. The number of furan rings is 1. The summed E-state index contributed by atoms with van der Waals surface area (Å²) in [6.45, 7) is 4.41. The van der Waals surface area contributed by atoms with Crippen LogP contribution in [0, 0.1) is 6.92 Å². The number of nitrogens with one attached hydrogen (secondary N) is 1. The Kier molecular flexibility index (Phi) is 4.32. The average Bonchev–Trinajstić information content (AvgIpc) is 3.13. The summed E-state index contributed by atoms with van der Waals surface area (Å²) >= 11 is 0. The number of rotatable bonds is 5. The van der Waals surface area contributed by atoms with Crippen LogP contribution in [0.3, 0.4) is 0 Å². The highest BCUT2D eigenvalue weighted by Crippen LogP contribution is 2.29. The Morgan fingerprint density at radius 3 is 3.00 bits per heavy atom. The normalized spacial score (nSPS) is 15.3. The van der Waals surface area contributed by atoms with Gasteiger partial charge in [0.25, 0.3) is 5.91 Å². The maximum Gasteiger partial charge on any atom is 0.255 e. The quantitative estimate of drug-likeness (QED) is 0.919. The molecule has 122 valence electrons. The summed E-state index contributed by atoms with van der Waals surface area (Å²) in [6, 6.07) is -0.0275. The van der Waals surface area contributed by atoms with Gasteiger partial charge in [-0.2, -0.15) is 0 Å². The fraction of sp³-hybridized carbons (Fsp3) is 0.471. The summed E-state index contributed by atoms with van der Waals surface area (Å²) in [5, 5.41) is 3.02. The predicted molar refractivity (Wildman–Crippen MR) is 84.5 cm³/mol. The lowest BCUT2D eigenvalue weighted by Crippen LogP contribution is -2.38. The van der Waals surface area contributed by atoms with Crippen molar-refractivity contribution >= 4 is 11.7 Å². The highest BCUT2D eigenvalue weighted by molar-refractivity contribution is 6.10. The molecule has 1 aliphatic rings. The molecule has 1 aliphatic carbocycles. The molecular formula is C17H21N3O3. The molecule has 0 spiro atoms. The Bertz CT molecular complexity index is 716. The number of hydrogen-bond acceptors (Lipinski definition) is 4. The molecule has 0 saturated heterocycles. The molecule has 0 unspecified atom stereocenters. The number of carbonyl (C=O) groups is 2. The number of Topliss-reactive ketones (excluding diaryl/α,β-unsaturated/α-hetero) is 1. The Hall–Kier alpha value is -2.37. The van der Waals surface area contributed by atoms with Gasteiger partial charge in [-0.1, -0.05) is 6.92 Å². The zero-order chi connectivity index (χ0) is 16.4. The van der Waals surface area contributed by atoms with Crippen LogP contribution in [0.25, 0.3) is 0 Å². The number of carbonyl (C=O) groups excluding carboxylic acids is 2. The Morgan fingerprint density at radius 2 is 2.30 bits per heavy atom. The van der Waals surface area contributed by atoms with Gasteiger partial charge in [-0.15, -0.1) is 0 Å². The molecule has 6 heteroatoms. The molecule has 0 radical (unpaired) electrons. The molecule has 0 aliphatic heterocycles. The third kappa shape index (κ3) is 3.06. The van der Waals surface area contributed by atoms with E-state index in [4.69, 9.17) is 4.42 Å². The van der Waals surface area contributed by atoms with Crippen LogP contribution >= 0.6 is 0 Å². The van der Waals surface area contributed by atoms with E-state index in [1.165, 1.54) is 0 Å². The first-order valence-corrected chi connectivity index (χ1v) is 8.02. The fourth-order valence-corrected chi connectivity index (χ4v) is 3.06. The Morgan fingerprint density at radius 1 is 1.48 bits per heavy atom. The molecule has 0 bridgehead atoms. The van der Waals surface area contributed by atoms with Gasteiger partial charge in [-0.05, 0) is 19.8 Å². The lowest BCUT2D eigenvalue weighted by atomic mass is 9.93. The first-order valence-electron chi connectivity index (χ1n) is 8.02. The predicted octanol–water partition coefficient (Wildman–Crippen LogP) is 2.51. The lowest BCUT2D eigenvalue weighted by Gasteiger charge is -2.18. The van der Waals surface area contributed by atoms with E-state index in [0.717, 1.165) is 19.3 Å². The fourth-order valence-electron chi connectivity index (χ4n) is 3.06. The second-order valence-electron chi connectivity index (χ2n) is 5.95. The van der Waals surface area contributed by atoms with E-state index >= 15 is 0 Å². The third-order valence-electron chi connectivity index (χ3n) is 4.29. The molecule has 2 aromatic heterocycles. The van der Waals surface area contributed by atoms with Crippen molar-refractivity contribution in [3.05, 3.63) is 41.4 Å². The Balaban J connectivity index is 1.80. The zero-order valence-corrected chi connectivity index (χ0v) is 13.5. The summed E-state index contributed by atoms with van der Waals surface area (Å²) < 4.78 is 7.58. The van der Waals surface area contributed by atoms with E-state index in [-0.39, 0.29) is 17.7 Å². The third-order valence-corrected chi connectivity index (χ3v) is 4.29. The number of aromatic nitrogens is 2. The molecule has 0 fully saturated rings. The van der Waals surface area contributed by atoms with E-state index in [1.807, 2.05) is 17.7 Å². The number of fused-ring (bicyclic) bond motifs is 1. The number of aryl methyl sites for hydroxylation is 2. The number of amides is 1. The van der Waals surface area contributed by atoms with Crippen LogP contribution in [-0.2, 0) is 13.0 Å². The van der Waals surface area contributed by atoms with Gasteiger partial charge >= 0.3 is 0 Å². The van der Waals surface area contributed by atoms with Gasteiger partial charge in [0.15, 0.2) is 5.78 Å². The van der Waals surface area contributed by atoms with Gasteiger partial charge in [0, 0.05) is 37.8 Å². The van der Waals surface area contributed by atoms with Gasteiger partial charge in [0.1, 0.15) is 11.5 Å². The molecule has 2 aromatic rings. The number of imidazole rings is 1. The molecule has 0 aromatic carbocycles. The maximum atomic E-state index is 12.7. The highest BCUT2D eigenvalue weighted by atomic mass is 16.3. The van der Waals surface area contributed by atoms with E-state index < -0.39 is 0 Å². The van der Waals surface area contributed by atoms with Gasteiger partial charge in [0.05, 0.1) is 17.5 Å². The number of nitrogens with zero attached hydrogens (tertiary/aromatic N) is 2. The van der Waals surface area contributed by atoms with E-state index in [2.05, 4.69) is 10.3 Å². The van der Waals surface area contributed by atoms with Gasteiger partial charge < -0.3 is 14.3 Å². The molecule has 1 atom stereocenters. The van der Waals surface area contributed by atoms with Crippen LogP contribution < -0.4 is 5.32 Å². The topological polar surface area (TPSA) is 77.1 Å². The molecule has 6 nitrogen and oxygen atoms in total. The van der Waals surface area contributed by atoms with Crippen molar-refractivity contribution in [1.82, 2.24) is 14.9 Å². The van der Waals surface area contributed by atoms with Crippen molar-refractivity contribution in [2.24, 2.45) is 0 Å². The van der Waals surface area contributed by atoms with Crippen molar-refractivity contribution in [1.29, 1.82) is 0 Å². The molecule has 0 saturated carbocycles. The van der Waals surface area contributed by atoms with Crippen LogP contribution in [0.15, 0.2) is 23.1 Å². The smallest absolute Gasteiger partial charge is 0.255 e. The summed E-state index contributed by atoms with van der Waals surface area (Å²) in [7, 11) is 0. The monoisotopic (exact) mass is 315 g/mol. The Labute approximate surface area is 134 Å². The van der Waals surface area contributed by atoms with Gasteiger partial charge in [-0.25, -0.2) is 4.98 Å². The summed E-state index contributed by atoms with van der Waals surface area (Å²) in [4.78, 5) is 28.9. The van der Waals surface area contributed by atoms with E-state index in [1.54, 1.807) is 19.4 Å². The largest absolute Gasteiger partial charge is 0.465 e. The van der Waals surface area contributed by atoms with Crippen molar-refractivity contribution in [2.45, 2.75) is 52.1 Å². The maximum absolute atomic E-state index is 12.7. The molecule has 1 amide bonds. The minimum Gasteiger partial charge on any atom is -0.465 e. The van der Waals surface area contributed by atoms with E-state index in [9.17, 15) is 9.59 Å². The molecule has 2 heterocycles. The summed E-state index contributed by atoms with van der Waals surface area (Å²) in [5.41, 5.74) is 0.900. The van der Waals surface area contributed by atoms with E-state index in [0.29, 0.717) is 35.6 Å². The number of ketones is 1. The molecule has 3 rings (SSSR count). The van der Waals surface area contributed by atoms with Crippen LogP contribution in [0.5, 0.6) is 0 Å². The second-order valence-corrected chi connectivity index (χ2v) is 5.95. The first-order chi connectivity index (χ1) is 11.1. The number of hydrogen-bond donors (Lipinski definition) is 1. The van der Waals surface area contributed by atoms with Crippen LogP contribution in [-0.4, -0.2) is 27.3 Å². The highest BCUT2D eigenvalue weighted by Gasteiger charge is 2.31. The van der Waals surface area contributed by atoms with Crippen LogP contribution in [0.2, 0.25) is 0 Å². The molecule has 23 heavy (non-hydrogen) atoms. The van der Waals surface area contributed by atoms with Crippen molar-refractivity contribution in [3.8, 4) is 0 Å². The summed E-state index contributed by atoms with van der Waals surface area (Å²) in [6.07, 6.45) is 8.09. The molecule has 1 N–H and O–H groups in total. The van der Waals surface area contributed by atoms with Crippen LogP contribution in [0.1, 0.15) is 58.4 Å². The first kappa shape index (κ1) is 15.5. The SMILES string of the molecule is CC[C@@H](Cn1ccnc1)NC(=O)c1c(C)oc2c1C(=O)CCC2. The van der Waals surface area contributed by atoms with Crippen molar-refractivity contribution < 1.29 is 14.0 Å². The van der Waals surface area contributed by atoms with Crippen LogP contribution in [0.4, 0.5) is 0 Å². The lowest BCUT2D eigenvalue weighted by molar-refractivity contribution is 0.0912. The van der Waals surface area contributed by atoms with Crippen molar-refractivity contribution in [2.75, 3.05) is 0 Å². The second kappa shape index (κ2) is 6.40. The summed E-state index contributed by atoms with van der Waals surface area (Å²) in [5.74, 6) is 0.970. The molecular weight excluding hydrogens is 294 g/mol. The zero-order valence-electron chi connectivity index (χ0n) is 13.5. The van der Waals surface area contributed by atoms with Gasteiger partial charge in [0.2, 0.25) is 0 Å². The minimum absolute atomic E-state index is 0.0101.